The zero-order valence-electron chi connectivity index (χ0n) is 10.1. The van der Waals surface area contributed by atoms with Gasteiger partial charge in [0.15, 0.2) is 0 Å². The van der Waals surface area contributed by atoms with Gasteiger partial charge in [0.25, 0.3) is 0 Å². The van der Waals surface area contributed by atoms with Crippen LogP contribution in [0.15, 0.2) is 0 Å². The number of hydrogen-bond acceptors (Lipinski definition) is 6. The lowest BCUT2D eigenvalue weighted by Gasteiger charge is -2.25. The van der Waals surface area contributed by atoms with Crippen LogP contribution in [-0.4, -0.2) is 59.3 Å². The largest absolute Gasteiger partial charge is 0.502 e. The molecule has 0 fully saturated rings. The summed E-state index contributed by atoms with van der Waals surface area (Å²) in [4.78, 5) is 0. The van der Waals surface area contributed by atoms with Gasteiger partial charge in [-0.25, -0.2) is 0 Å². The van der Waals surface area contributed by atoms with Crippen molar-refractivity contribution < 1.29 is 28.2 Å². The zero-order valence-corrected chi connectivity index (χ0v) is 11.1. The van der Waals surface area contributed by atoms with E-state index in [4.69, 9.17) is 28.2 Å². The van der Waals surface area contributed by atoms with Gasteiger partial charge in [0.05, 0.1) is 13.2 Å². The smallest absolute Gasteiger partial charge is 0.394 e. The third-order valence-corrected chi connectivity index (χ3v) is 4.98. The van der Waals surface area contributed by atoms with E-state index in [9.17, 15) is 0 Å². The van der Waals surface area contributed by atoms with Crippen LogP contribution in [0.2, 0.25) is 6.04 Å². The minimum atomic E-state index is -2.59. The third-order valence-electron chi connectivity index (χ3n) is 2.06. The van der Waals surface area contributed by atoms with Crippen molar-refractivity contribution in [3.63, 3.8) is 0 Å². The molecule has 1 unspecified atom stereocenters. The lowest BCUT2D eigenvalue weighted by Crippen LogP contribution is -2.44. The summed E-state index contributed by atoms with van der Waals surface area (Å²) in [6.07, 6.45) is 0.0172. The summed E-state index contributed by atoms with van der Waals surface area (Å²) in [6, 6.07) is 0.714. The maximum atomic E-state index is 9.02. The summed E-state index contributed by atoms with van der Waals surface area (Å²) < 4.78 is 21.0. The Balaban J connectivity index is 3.84. The first-order valence-electron chi connectivity index (χ1n) is 5.25. The Morgan fingerprint density at radius 3 is 2.31 bits per heavy atom. The van der Waals surface area contributed by atoms with Gasteiger partial charge in [-0.15, -0.1) is 0 Å². The highest BCUT2D eigenvalue weighted by Crippen LogP contribution is 2.15. The van der Waals surface area contributed by atoms with Crippen LogP contribution >= 0.6 is 0 Å². The third kappa shape index (κ3) is 5.90. The predicted molar refractivity (Wildman–Crippen MR) is 59.9 cm³/mol. The first-order valence-corrected chi connectivity index (χ1v) is 7.18. The molecule has 0 aliphatic rings. The quantitative estimate of drug-likeness (QED) is 0.324. The highest BCUT2D eigenvalue weighted by atomic mass is 28.4. The van der Waals surface area contributed by atoms with Gasteiger partial charge in [-0.3, -0.25) is 0 Å². The standard InChI is InChI=1S/C9H22O6Si/c1-4-5-16(12-2,13-3)15-8-14-7-9(11)6-10/h9-11H,4-8H2,1-3H3. The molecule has 0 aromatic carbocycles. The van der Waals surface area contributed by atoms with Crippen molar-refractivity contribution in [3.05, 3.63) is 0 Å². The summed E-state index contributed by atoms with van der Waals surface area (Å²) >= 11 is 0. The Labute approximate surface area is 97.5 Å². The molecule has 16 heavy (non-hydrogen) atoms. The van der Waals surface area contributed by atoms with Gasteiger partial charge in [-0.1, -0.05) is 13.3 Å². The zero-order chi connectivity index (χ0) is 12.4. The summed E-state index contributed by atoms with van der Waals surface area (Å²) in [5, 5.41) is 17.6. The average Bonchev–Trinajstić information content (AvgIpc) is 2.32. The van der Waals surface area contributed by atoms with Gasteiger partial charge in [0.2, 0.25) is 0 Å². The molecule has 0 heterocycles. The van der Waals surface area contributed by atoms with Crippen LogP contribution in [0.3, 0.4) is 0 Å². The molecule has 0 aromatic rings. The molecule has 2 N–H and O–H groups in total. The lowest BCUT2D eigenvalue weighted by atomic mass is 10.4. The Kier molecular flexibility index (Phi) is 9.04. The predicted octanol–water partition coefficient (Wildman–Crippen LogP) is -0.0280. The molecule has 7 heteroatoms. The van der Waals surface area contributed by atoms with Crippen molar-refractivity contribution >= 4 is 8.80 Å². The van der Waals surface area contributed by atoms with Crippen LogP contribution in [0, 0.1) is 0 Å². The van der Waals surface area contributed by atoms with Gasteiger partial charge >= 0.3 is 8.80 Å². The second-order valence-corrected chi connectivity index (χ2v) is 6.28. The van der Waals surface area contributed by atoms with Crippen LogP contribution in [0.5, 0.6) is 0 Å². The molecule has 0 rings (SSSR count). The van der Waals surface area contributed by atoms with Crippen molar-refractivity contribution in [2.24, 2.45) is 0 Å². The molecule has 0 saturated carbocycles. The van der Waals surface area contributed by atoms with E-state index < -0.39 is 14.9 Å². The van der Waals surface area contributed by atoms with E-state index in [0.29, 0.717) is 6.04 Å². The second-order valence-electron chi connectivity index (χ2n) is 3.31. The number of aliphatic hydroxyl groups excluding tert-OH is 2. The van der Waals surface area contributed by atoms with Crippen molar-refractivity contribution in [1.82, 2.24) is 0 Å². The molecular weight excluding hydrogens is 232 g/mol. The molecule has 6 nitrogen and oxygen atoms in total. The SMILES string of the molecule is CCC[Si](OC)(OC)OCOCC(O)CO. The highest BCUT2D eigenvalue weighted by molar-refractivity contribution is 6.60. The Morgan fingerprint density at radius 1 is 1.25 bits per heavy atom. The molecule has 0 radical (unpaired) electrons. The first-order chi connectivity index (χ1) is 7.64. The van der Waals surface area contributed by atoms with Crippen LogP contribution in [0.4, 0.5) is 0 Å². The molecular formula is C9H22O6Si. The van der Waals surface area contributed by atoms with Gasteiger partial charge in [0, 0.05) is 20.3 Å². The Morgan fingerprint density at radius 2 is 1.88 bits per heavy atom. The average molecular weight is 254 g/mol. The second kappa shape index (κ2) is 9.05. The minimum absolute atomic E-state index is 0.00897. The van der Waals surface area contributed by atoms with Crippen LogP contribution in [-0.2, 0) is 18.0 Å². The fourth-order valence-electron chi connectivity index (χ4n) is 1.15. The van der Waals surface area contributed by atoms with E-state index in [2.05, 4.69) is 0 Å². The molecule has 1 atom stereocenters. The number of rotatable bonds is 10. The molecule has 98 valence electrons. The van der Waals surface area contributed by atoms with E-state index in [-0.39, 0.29) is 20.0 Å². The first kappa shape index (κ1) is 16.0. The van der Waals surface area contributed by atoms with Crippen molar-refractivity contribution in [1.29, 1.82) is 0 Å². The van der Waals surface area contributed by atoms with Gasteiger partial charge in [-0.05, 0) is 0 Å². The molecule has 0 aromatic heterocycles. The summed E-state index contributed by atoms with van der Waals surface area (Å²) in [5.74, 6) is 0. The van der Waals surface area contributed by atoms with E-state index in [1.54, 1.807) is 14.2 Å². The van der Waals surface area contributed by atoms with Crippen LogP contribution in [0.1, 0.15) is 13.3 Å². The molecule has 0 bridgehead atoms. The van der Waals surface area contributed by atoms with E-state index in [0.717, 1.165) is 6.42 Å². The van der Waals surface area contributed by atoms with Gasteiger partial charge in [0.1, 0.15) is 12.9 Å². The fraction of sp³-hybridized carbons (Fsp3) is 1.00. The maximum Gasteiger partial charge on any atom is 0.502 e. The highest BCUT2D eigenvalue weighted by Gasteiger charge is 2.37. The van der Waals surface area contributed by atoms with E-state index in [1.807, 2.05) is 6.92 Å². The van der Waals surface area contributed by atoms with E-state index in [1.165, 1.54) is 0 Å². The molecule has 0 saturated heterocycles. The van der Waals surface area contributed by atoms with Crippen molar-refractivity contribution in [2.45, 2.75) is 25.5 Å². The molecule has 0 amide bonds. The van der Waals surface area contributed by atoms with Gasteiger partial charge in [-0.2, -0.15) is 0 Å². The normalized spacial score (nSPS) is 14.1. The molecule has 0 aliphatic carbocycles. The Bertz CT molecular complexity index is 164. The Hall–Kier alpha value is -0.0231. The molecule has 0 aliphatic heterocycles. The lowest BCUT2D eigenvalue weighted by molar-refractivity contribution is -0.0686. The minimum Gasteiger partial charge on any atom is -0.394 e. The van der Waals surface area contributed by atoms with Crippen molar-refractivity contribution in [2.75, 3.05) is 34.2 Å². The summed E-state index contributed by atoms with van der Waals surface area (Å²) in [5.41, 5.74) is 0. The van der Waals surface area contributed by atoms with E-state index >= 15 is 0 Å². The maximum absolute atomic E-state index is 9.02. The monoisotopic (exact) mass is 254 g/mol. The number of aliphatic hydroxyl groups is 2. The summed E-state index contributed by atoms with van der Waals surface area (Å²) in [6.45, 7) is 1.71. The fourth-order valence-corrected chi connectivity index (χ4v) is 2.98. The summed E-state index contributed by atoms with van der Waals surface area (Å²) in [7, 11) is 0.504. The van der Waals surface area contributed by atoms with Crippen molar-refractivity contribution in [3.8, 4) is 0 Å². The van der Waals surface area contributed by atoms with Crippen LogP contribution in [0.25, 0.3) is 0 Å². The number of ether oxygens (including phenoxy) is 1. The van der Waals surface area contributed by atoms with Gasteiger partial charge < -0.3 is 28.2 Å². The molecule has 0 spiro atoms. The number of hydrogen-bond donors (Lipinski definition) is 2. The van der Waals surface area contributed by atoms with Crippen LogP contribution < -0.4 is 0 Å². The topological polar surface area (TPSA) is 77.4 Å².